The summed E-state index contributed by atoms with van der Waals surface area (Å²) in [4.78, 5) is 18.7. The van der Waals surface area contributed by atoms with Crippen molar-refractivity contribution >= 4 is 16.8 Å². The fourth-order valence-electron chi connectivity index (χ4n) is 3.71. The number of benzene rings is 2. The molecule has 4 nitrogen and oxygen atoms in total. The Balaban J connectivity index is 1.26. The first-order valence-corrected chi connectivity index (χ1v) is 9.57. The molecule has 1 amide bonds. The first-order chi connectivity index (χ1) is 13.3. The summed E-state index contributed by atoms with van der Waals surface area (Å²) in [6, 6.07) is 20.2. The van der Waals surface area contributed by atoms with Crippen LogP contribution in [0.25, 0.3) is 10.9 Å². The van der Waals surface area contributed by atoms with Gasteiger partial charge in [-0.3, -0.25) is 9.78 Å². The number of ether oxygens (including phenoxy) is 1. The lowest BCUT2D eigenvalue weighted by atomic mass is 9.90. The van der Waals surface area contributed by atoms with Gasteiger partial charge in [0, 0.05) is 24.7 Å². The van der Waals surface area contributed by atoms with Crippen molar-refractivity contribution in [1.29, 1.82) is 0 Å². The van der Waals surface area contributed by atoms with E-state index >= 15 is 0 Å². The van der Waals surface area contributed by atoms with E-state index in [1.54, 1.807) is 6.20 Å². The van der Waals surface area contributed by atoms with Crippen LogP contribution < -0.4 is 4.74 Å². The number of nitrogens with zero attached hydrogens (tertiary/aromatic N) is 2. The molecule has 2 aromatic carbocycles. The van der Waals surface area contributed by atoms with Crippen LogP contribution in [0.2, 0.25) is 0 Å². The molecule has 3 aromatic rings. The lowest BCUT2D eigenvalue weighted by Gasteiger charge is -2.32. The van der Waals surface area contributed by atoms with Gasteiger partial charge < -0.3 is 9.64 Å². The van der Waals surface area contributed by atoms with Crippen molar-refractivity contribution in [3.8, 4) is 5.75 Å². The number of rotatable bonds is 5. The van der Waals surface area contributed by atoms with Crippen molar-refractivity contribution in [2.24, 2.45) is 5.92 Å². The summed E-state index contributed by atoms with van der Waals surface area (Å²) in [5.41, 5.74) is 2.31. The monoisotopic (exact) mass is 360 g/mol. The van der Waals surface area contributed by atoms with Gasteiger partial charge in [0.2, 0.25) is 0 Å². The highest BCUT2D eigenvalue weighted by molar-refractivity contribution is 5.80. The third kappa shape index (κ3) is 4.45. The molecule has 0 bridgehead atoms. The number of pyridine rings is 1. The van der Waals surface area contributed by atoms with Gasteiger partial charge in [0.25, 0.3) is 5.91 Å². The van der Waals surface area contributed by atoms with E-state index in [0.717, 1.165) is 43.3 Å². The van der Waals surface area contributed by atoms with Crippen molar-refractivity contribution in [3.63, 3.8) is 0 Å². The highest BCUT2D eigenvalue weighted by atomic mass is 16.5. The predicted molar refractivity (Wildman–Crippen MR) is 107 cm³/mol. The normalized spacial score (nSPS) is 15.0. The highest BCUT2D eigenvalue weighted by Crippen LogP contribution is 2.22. The van der Waals surface area contributed by atoms with E-state index in [1.165, 1.54) is 5.56 Å². The van der Waals surface area contributed by atoms with Crippen LogP contribution in [0.3, 0.4) is 0 Å². The zero-order valence-corrected chi connectivity index (χ0v) is 15.4. The van der Waals surface area contributed by atoms with Crippen molar-refractivity contribution in [2.75, 3.05) is 19.7 Å². The summed E-state index contributed by atoms with van der Waals surface area (Å²) in [5.74, 6) is 1.44. The molecule has 0 aliphatic carbocycles. The van der Waals surface area contributed by atoms with Crippen LogP contribution in [-0.2, 0) is 11.2 Å². The van der Waals surface area contributed by atoms with Crippen molar-refractivity contribution < 1.29 is 9.53 Å². The summed E-state index contributed by atoms with van der Waals surface area (Å²) < 4.78 is 5.73. The van der Waals surface area contributed by atoms with Crippen LogP contribution in [0.1, 0.15) is 18.4 Å². The molecule has 2 heterocycles. The molecule has 4 heteroatoms. The SMILES string of the molecule is O=C(COc1ccc2ncccc2c1)N1CCC(Cc2ccccc2)CC1. The molecule has 1 aliphatic rings. The van der Waals surface area contributed by atoms with Gasteiger partial charge in [0.15, 0.2) is 6.61 Å². The molecule has 4 rings (SSSR count). The van der Waals surface area contributed by atoms with Gasteiger partial charge in [0.1, 0.15) is 5.75 Å². The van der Waals surface area contributed by atoms with Gasteiger partial charge in [-0.1, -0.05) is 36.4 Å². The van der Waals surface area contributed by atoms with Crippen LogP contribution in [0.15, 0.2) is 66.9 Å². The van der Waals surface area contributed by atoms with Crippen LogP contribution >= 0.6 is 0 Å². The number of hydrogen-bond acceptors (Lipinski definition) is 3. The molecule has 0 saturated carbocycles. The maximum Gasteiger partial charge on any atom is 0.260 e. The lowest BCUT2D eigenvalue weighted by molar-refractivity contribution is -0.134. The molecule has 0 N–H and O–H groups in total. The number of carbonyl (C=O) groups excluding carboxylic acids is 1. The summed E-state index contributed by atoms with van der Waals surface area (Å²) in [5, 5.41) is 1.02. The second-order valence-corrected chi connectivity index (χ2v) is 7.16. The van der Waals surface area contributed by atoms with Gasteiger partial charge in [-0.2, -0.15) is 0 Å². The average molecular weight is 360 g/mol. The molecule has 0 atom stereocenters. The van der Waals surface area contributed by atoms with Crippen LogP contribution in [0, 0.1) is 5.92 Å². The molecular formula is C23H24N2O2. The Labute approximate surface area is 159 Å². The fourth-order valence-corrected chi connectivity index (χ4v) is 3.71. The molecule has 0 unspecified atom stereocenters. The van der Waals surface area contributed by atoms with Crippen LogP contribution in [0.5, 0.6) is 5.75 Å². The van der Waals surface area contributed by atoms with E-state index in [2.05, 4.69) is 35.3 Å². The van der Waals surface area contributed by atoms with E-state index in [9.17, 15) is 4.79 Å². The third-order valence-electron chi connectivity index (χ3n) is 5.27. The molecule has 27 heavy (non-hydrogen) atoms. The minimum Gasteiger partial charge on any atom is -0.484 e. The van der Waals surface area contributed by atoms with Gasteiger partial charge >= 0.3 is 0 Å². The molecule has 1 aliphatic heterocycles. The minimum atomic E-state index is 0.0689. The Kier molecular flexibility index (Phi) is 5.33. The van der Waals surface area contributed by atoms with Crippen molar-refractivity contribution in [3.05, 3.63) is 72.4 Å². The molecular weight excluding hydrogens is 336 g/mol. The average Bonchev–Trinajstić information content (AvgIpc) is 2.73. The second-order valence-electron chi connectivity index (χ2n) is 7.16. The smallest absolute Gasteiger partial charge is 0.260 e. The molecule has 138 valence electrons. The van der Waals surface area contributed by atoms with E-state index in [1.807, 2.05) is 35.2 Å². The van der Waals surface area contributed by atoms with Gasteiger partial charge in [-0.25, -0.2) is 0 Å². The zero-order valence-electron chi connectivity index (χ0n) is 15.4. The number of aromatic nitrogens is 1. The molecule has 1 saturated heterocycles. The summed E-state index contributed by atoms with van der Waals surface area (Å²) in [7, 11) is 0. The molecule has 1 aromatic heterocycles. The number of amides is 1. The topological polar surface area (TPSA) is 42.4 Å². The van der Waals surface area contributed by atoms with Crippen molar-refractivity contribution in [1.82, 2.24) is 9.88 Å². The Morgan fingerprint density at radius 3 is 2.67 bits per heavy atom. The number of likely N-dealkylation sites (tertiary alicyclic amines) is 1. The quantitative estimate of drug-likeness (QED) is 0.688. The van der Waals surface area contributed by atoms with E-state index in [4.69, 9.17) is 4.74 Å². The van der Waals surface area contributed by atoms with E-state index < -0.39 is 0 Å². The Hall–Kier alpha value is -2.88. The molecule has 0 radical (unpaired) electrons. The first kappa shape index (κ1) is 17.5. The molecule has 1 fully saturated rings. The predicted octanol–water partition coefficient (Wildman–Crippen LogP) is 4.09. The summed E-state index contributed by atoms with van der Waals surface area (Å²) >= 11 is 0. The Morgan fingerprint density at radius 2 is 1.85 bits per heavy atom. The summed E-state index contributed by atoms with van der Waals surface area (Å²) in [6.07, 6.45) is 4.99. The number of hydrogen-bond donors (Lipinski definition) is 0. The maximum absolute atomic E-state index is 12.5. The van der Waals surface area contributed by atoms with Crippen LogP contribution in [0.4, 0.5) is 0 Å². The maximum atomic E-state index is 12.5. The van der Waals surface area contributed by atoms with E-state index in [-0.39, 0.29) is 12.5 Å². The second kappa shape index (κ2) is 8.21. The van der Waals surface area contributed by atoms with Crippen LogP contribution in [-0.4, -0.2) is 35.5 Å². The lowest BCUT2D eigenvalue weighted by Crippen LogP contribution is -2.41. The van der Waals surface area contributed by atoms with Gasteiger partial charge in [-0.05, 0) is 55.0 Å². The Bertz CT molecular complexity index is 902. The van der Waals surface area contributed by atoms with Gasteiger partial charge in [0.05, 0.1) is 5.52 Å². The fraction of sp³-hybridized carbons (Fsp3) is 0.304. The number of carbonyl (C=O) groups is 1. The largest absolute Gasteiger partial charge is 0.484 e. The third-order valence-corrected chi connectivity index (χ3v) is 5.27. The zero-order chi connectivity index (χ0) is 18.5. The highest BCUT2D eigenvalue weighted by Gasteiger charge is 2.23. The minimum absolute atomic E-state index is 0.0689. The van der Waals surface area contributed by atoms with E-state index in [0.29, 0.717) is 11.7 Å². The Morgan fingerprint density at radius 1 is 1.04 bits per heavy atom. The first-order valence-electron chi connectivity index (χ1n) is 9.57. The van der Waals surface area contributed by atoms with Gasteiger partial charge in [-0.15, -0.1) is 0 Å². The number of fused-ring (bicyclic) bond motifs is 1. The summed E-state index contributed by atoms with van der Waals surface area (Å²) in [6.45, 7) is 1.73. The number of piperidine rings is 1. The molecule has 0 spiro atoms. The van der Waals surface area contributed by atoms with Crippen molar-refractivity contribution in [2.45, 2.75) is 19.3 Å². The standard InChI is InChI=1S/C23H24N2O2/c26-23(17-27-21-8-9-22-20(16-21)7-4-12-24-22)25-13-10-19(11-14-25)15-18-5-2-1-3-6-18/h1-9,12,16,19H,10-11,13-15,17H2.